The molecule has 4 heteroatoms. The van der Waals surface area contributed by atoms with Gasteiger partial charge >= 0.3 is 5.97 Å². The quantitative estimate of drug-likeness (QED) is 0.427. The van der Waals surface area contributed by atoms with Crippen molar-refractivity contribution in [1.29, 1.82) is 0 Å². The van der Waals surface area contributed by atoms with Crippen molar-refractivity contribution in [2.45, 2.75) is 46.1 Å². The van der Waals surface area contributed by atoms with Crippen LogP contribution in [0.1, 0.15) is 40.0 Å². The molecule has 1 unspecified atom stereocenters. The van der Waals surface area contributed by atoms with Crippen LogP contribution in [0.25, 0.3) is 0 Å². The number of aliphatic carboxylic acids is 1. The minimum atomic E-state index is -1.01. The van der Waals surface area contributed by atoms with Gasteiger partial charge in [0.05, 0.1) is 0 Å². The molecule has 0 heterocycles. The predicted molar refractivity (Wildman–Crippen MR) is 88.9 cm³/mol. The van der Waals surface area contributed by atoms with Crippen molar-refractivity contribution in [1.82, 2.24) is 5.32 Å². The van der Waals surface area contributed by atoms with Crippen LogP contribution >= 0.6 is 0 Å². The minimum Gasteiger partial charge on any atom is -0.480 e. The van der Waals surface area contributed by atoms with E-state index < -0.39 is 12.0 Å². The van der Waals surface area contributed by atoms with Gasteiger partial charge in [0.15, 0.2) is 0 Å². The zero-order valence-corrected chi connectivity index (χ0v) is 13.4. The Hall–Kier alpha value is -1.81. The minimum absolute atomic E-state index is 0.250. The molecule has 0 radical (unpaired) electrons. The number of hydrogen-bond acceptors (Lipinski definition) is 3. The Morgan fingerprint density at radius 2 is 1.90 bits per heavy atom. The molecule has 0 aromatic rings. The van der Waals surface area contributed by atoms with Crippen LogP contribution in [-0.4, -0.2) is 23.7 Å². The van der Waals surface area contributed by atoms with E-state index in [1.165, 1.54) is 5.57 Å². The summed E-state index contributed by atoms with van der Waals surface area (Å²) in [6.45, 7) is 10.9. The Labute approximate surface area is 128 Å². The fourth-order valence-corrected chi connectivity index (χ4v) is 1.73. The first-order chi connectivity index (χ1) is 9.90. The van der Waals surface area contributed by atoms with E-state index in [9.17, 15) is 4.79 Å². The van der Waals surface area contributed by atoms with Gasteiger partial charge in [-0.25, -0.2) is 0 Å². The van der Waals surface area contributed by atoms with Crippen molar-refractivity contribution in [3.8, 4) is 0 Å². The SMILES string of the molecule is C=C(/C=C\C(=C/CC)NC/C(C)=C\CC)CC(N)C(=O)O. The van der Waals surface area contributed by atoms with Gasteiger partial charge < -0.3 is 16.2 Å². The highest BCUT2D eigenvalue weighted by Crippen LogP contribution is 2.06. The van der Waals surface area contributed by atoms with Gasteiger partial charge in [0.2, 0.25) is 0 Å². The smallest absolute Gasteiger partial charge is 0.320 e. The fraction of sp³-hybridized carbons (Fsp3) is 0.471. The van der Waals surface area contributed by atoms with Gasteiger partial charge in [-0.15, -0.1) is 0 Å². The molecule has 21 heavy (non-hydrogen) atoms. The number of allylic oxidation sites excluding steroid dienone is 4. The highest BCUT2D eigenvalue weighted by atomic mass is 16.4. The first-order valence-electron chi connectivity index (χ1n) is 7.34. The molecule has 0 aliphatic carbocycles. The number of carboxylic acid groups (broad SMARTS) is 1. The molecule has 0 amide bonds. The van der Waals surface area contributed by atoms with Gasteiger partial charge in [-0.05, 0) is 32.3 Å². The van der Waals surface area contributed by atoms with Crippen molar-refractivity contribution in [3.63, 3.8) is 0 Å². The second kappa shape index (κ2) is 10.9. The third-order valence-electron chi connectivity index (χ3n) is 2.85. The maximum atomic E-state index is 10.7. The summed E-state index contributed by atoms with van der Waals surface area (Å²) in [5.74, 6) is -1.01. The summed E-state index contributed by atoms with van der Waals surface area (Å²) in [4.78, 5) is 10.7. The van der Waals surface area contributed by atoms with Gasteiger partial charge in [-0.3, -0.25) is 4.79 Å². The van der Waals surface area contributed by atoms with Gasteiger partial charge in [0, 0.05) is 12.2 Å². The van der Waals surface area contributed by atoms with Crippen LogP contribution in [0, 0.1) is 0 Å². The van der Waals surface area contributed by atoms with E-state index in [1.54, 1.807) is 0 Å². The molecule has 4 nitrogen and oxygen atoms in total. The third-order valence-corrected chi connectivity index (χ3v) is 2.85. The van der Waals surface area contributed by atoms with E-state index in [-0.39, 0.29) is 6.42 Å². The number of hydrogen-bond donors (Lipinski definition) is 3. The fourth-order valence-electron chi connectivity index (χ4n) is 1.73. The summed E-state index contributed by atoms with van der Waals surface area (Å²) >= 11 is 0. The van der Waals surface area contributed by atoms with Crippen molar-refractivity contribution >= 4 is 5.97 Å². The summed E-state index contributed by atoms with van der Waals surface area (Å²) < 4.78 is 0. The molecular formula is C17H28N2O2. The Bertz CT molecular complexity index is 434. The zero-order valence-electron chi connectivity index (χ0n) is 13.4. The van der Waals surface area contributed by atoms with Crippen LogP contribution in [0.5, 0.6) is 0 Å². The second-order valence-electron chi connectivity index (χ2n) is 5.02. The Kier molecular flexibility index (Phi) is 9.98. The van der Waals surface area contributed by atoms with Crippen LogP contribution in [0.15, 0.2) is 47.7 Å². The molecule has 0 aromatic heterocycles. The number of carboxylic acids is 1. The Morgan fingerprint density at radius 3 is 2.43 bits per heavy atom. The average Bonchev–Trinajstić information content (AvgIpc) is 2.42. The monoisotopic (exact) mass is 292 g/mol. The number of nitrogens with one attached hydrogen (secondary N) is 1. The molecule has 0 spiro atoms. The largest absolute Gasteiger partial charge is 0.480 e. The lowest BCUT2D eigenvalue weighted by molar-refractivity contribution is -0.138. The first-order valence-corrected chi connectivity index (χ1v) is 7.34. The zero-order chi connectivity index (χ0) is 16.3. The molecule has 0 saturated heterocycles. The predicted octanol–water partition coefficient (Wildman–Crippen LogP) is 3.14. The van der Waals surface area contributed by atoms with E-state index in [2.05, 4.69) is 44.8 Å². The first kappa shape index (κ1) is 19.2. The van der Waals surface area contributed by atoms with Crippen molar-refractivity contribution in [3.05, 3.63) is 47.7 Å². The molecule has 0 bridgehead atoms. The highest BCUT2D eigenvalue weighted by Gasteiger charge is 2.11. The molecule has 4 N–H and O–H groups in total. The molecule has 0 aliphatic heterocycles. The van der Waals surface area contributed by atoms with Crippen LogP contribution in [0.4, 0.5) is 0 Å². The molecule has 1 atom stereocenters. The molecule has 0 aliphatic rings. The average molecular weight is 292 g/mol. The topological polar surface area (TPSA) is 75.3 Å². The van der Waals surface area contributed by atoms with Crippen LogP contribution in [0.3, 0.4) is 0 Å². The van der Waals surface area contributed by atoms with Crippen molar-refractivity contribution in [2.24, 2.45) is 5.73 Å². The second-order valence-corrected chi connectivity index (χ2v) is 5.02. The lowest BCUT2D eigenvalue weighted by Crippen LogP contribution is -2.30. The summed E-state index contributed by atoms with van der Waals surface area (Å²) in [5.41, 5.74) is 8.48. The summed E-state index contributed by atoms with van der Waals surface area (Å²) in [7, 11) is 0. The number of nitrogens with two attached hydrogens (primary N) is 1. The van der Waals surface area contributed by atoms with E-state index in [1.807, 2.05) is 12.2 Å². The van der Waals surface area contributed by atoms with E-state index in [0.717, 1.165) is 25.1 Å². The third kappa shape index (κ3) is 9.68. The van der Waals surface area contributed by atoms with Gasteiger partial charge in [0.1, 0.15) is 6.04 Å². The Morgan fingerprint density at radius 1 is 1.29 bits per heavy atom. The molecule has 0 saturated carbocycles. The lowest BCUT2D eigenvalue weighted by Gasteiger charge is -2.09. The van der Waals surface area contributed by atoms with Crippen LogP contribution in [-0.2, 0) is 4.79 Å². The molecule has 118 valence electrons. The number of carbonyl (C=O) groups is 1. The van der Waals surface area contributed by atoms with Crippen LogP contribution < -0.4 is 11.1 Å². The molecule has 0 fully saturated rings. The molecule has 0 rings (SSSR count). The molecule has 0 aromatic carbocycles. The Balaban J connectivity index is 4.53. The summed E-state index contributed by atoms with van der Waals surface area (Å²) in [5, 5.41) is 12.1. The van der Waals surface area contributed by atoms with Crippen LogP contribution in [0.2, 0.25) is 0 Å². The number of rotatable bonds is 10. The van der Waals surface area contributed by atoms with E-state index >= 15 is 0 Å². The summed E-state index contributed by atoms with van der Waals surface area (Å²) in [6.07, 6.45) is 10.2. The summed E-state index contributed by atoms with van der Waals surface area (Å²) in [6, 6.07) is -0.900. The maximum absolute atomic E-state index is 10.7. The highest BCUT2D eigenvalue weighted by molar-refractivity contribution is 5.73. The van der Waals surface area contributed by atoms with Gasteiger partial charge in [0.25, 0.3) is 0 Å². The van der Waals surface area contributed by atoms with Gasteiger partial charge in [-0.1, -0.05) is 49.8 Å². The lowest BCUT2D eigenvalue weighted by atomic mass is 10.1. The standard InChI is InChI=1S/C17H28N2O2/c1-5-7-14(4)12-19-15(8-6-2)10-9-13(3)11-16(18)17(20)21/h7-10,16,19H,3,5-6,11-12,18H2,1-2,4H3,(H,20,21)/b10-9-,14-7-,15-8+. The van der Waals surface area contributed by atoms with Crippen molar-refractivity contribution < 1.29 is 9.90 Å². The molecular weight excluding hydrogens is 264 g/mol. The van der Waals surface area contributed by atoms with E-state index in [0.29, 0.717) is 5.57 Å². The van der Waals surface area contributed by atoms with E-state index in [4.69, 9.17) is 10.8 Å². The van der Waals surface area contributed by atoms with Gasteiger partial charge in [-0.2, -0.15) is 0 Å². The normalized spacial score (nSPS) is 14.3. The van der Waals surface area contributed by atoms with Crippen molar-refractivity contribution in [2.75, 3.05) is 6.54 Å². The maximum Gasteiger partial charge on any atom is 0.320 e.